The Hall–Kier alpha value is 0.0200. The van der Waals surface area contributed by atoms with Crippen LogP contribution in [0.3, 0.4) is 0 Å². The van der Waals surface area contributed by atoms with Gasteiger partial charge in [0.25, 0.3) is 0 Å². The molecule has 0 aliphatic rings. The molecule has 0 N–H and O–H groups in total. The average Bonchev–Trinajstić information content (AvgIpc) is 1.93. The predicted molar refractivity (Wildman–Crippen MR) is 51.4 cm³/mol. The van der Waals surface area contributed by atoms with Crippen molar-refractivity contribution in [2.45, 2.75) is 19.3 Å². The summed E-state index contributed by atoms with van der Waals surface area (Å²) in [6, 6.07) is 0. The minimum Gasteiger partial charge on any atom is -0.456 e. The lowest BCUT2D eigenvalue weighted by atomic mass is 10.3. The standard InChI is InChI=1S/C7H11F2IO3/c1-7(8,9)2-3-12-4-5-13-6(10)11/h2-5H2,1H3. The van der Waals surface area contributed by atoms with Crippen LogP contribution >= 0.6 is 22.6 Å². The van der Waals surface area contributed by atoms with E-state index in [1.807, 2.05) is 0 Å². The summed E-state index contributed by atoms with van der Waals surface area (Å²) in [6.07, 6.45) is -0.314. The van der Waals surface area contributed by atoms with Crippen molar-refractivity contribution in [2.75, 3.05) is 19.8 Å². The van der Waals surface area contributed by atoms with Gasteiger partial charge in [0, 0.05) is 6.42 Å². The number of carbonyl (C=O) groups excluding carboxylic acids is 1. The van der Waals surface area contributed by atoms with E-state index in [0.717, 1.165) is 6.92 Å². The molecule has 0 saturated heterocycles. The van der Waals surface area contributed by atoms with Crippen LogP contribution in [-0.2, 0) is 9.47 Å². The highest BCUT2D eigenvalue weighted by Gasteiger charge is 2.19. The first kappa shape index (κ1) is 13.0. The molecule has 0 rings (SSSR count). The van der Waals surface area contributed by atoms with Crippen molar-refractivity contribution in [3.8, 4) is 0 Å². The molecule has 0 aromatic rings. The van der Waals surface area contributed by atoms with Gasteiger partial charge in [-0.1, -0.05) is 0 Å². The first-order chi connectivity index (χ1) is 5.92. The number of ether oxygens (including phenoxy) is 2. The summed E-state index contributed by atoms with van der Waals surface area (Å²) in [5.74, 6) is -2.69. The lowest BCUT2D eigenvalue weighted by Crippen LogP contribution is -2.15. The highest BCUT2D eigenvalue weighted by molar-refractivity contribution is 14.1. The van der Waals surface area contributed by atoms with Gasteiger partial charge >= 0.3 is 3.98 Å². The van der Waals surface area contributed by atoms with Crippen LogP contribution in [0.15, 0.2) is 0 Å². The number of halogens is 3. The van der Waals surface area contributed by atoms with Gasteiger partial charge in [-0.2, -0.15) is 0 Å². The number of carbonyl (C=O) groups is 1. The van der Waals surface area contributed by atoms with Crippen LogP contribution in [0.25, 0.3) is 0 Å². The number of hydrogen-bond acceptors (Lipinski definition) is 3. The Morgan fingerprint density at radius 2 is 2.00 bits per heavy atom. The smallest absolute Gasteiger partial charge is 0.367 e. The second kappa shape index (κ2) is 6.47. The third-order valence-electron chi connectivity index (χ3n) is 1.13. The third-order valence-corrected chi connectivity index (χ3v) is 1.44. The number of rotatable bonds is 6. The fourth-order valence-corrected chi connectivity index (χ4v) is 0.754. The van der Waals surface area contributed by atoms with E-state index in [1.54, 1.807) is 0 Å². The van der Waals surface area contributed by atoms with Crippen LogP contribution in [0.2, 0.25) is 0 Å². The average molecular weight is 308 g/mol. The van der Waals surface area contributed by atoms with Gasteiger partial charge in [0.1, 0.15) is 6.61 Å². The summed E-state index contributed by atoms with van der Waals surface area (Å²) in [6.45, 7) is 1.07. The van der Waals surface area contributed by atoms with Gasteiger partial charge in [0.05, 0.1) is 35.8 Å². The lowest BCUT2D eigenvalue weighted by molar-refractivity contribution is -0.0207. The molecule has 0 saturated carbocycles. The maximum atomic E-state index is 12.2. The molecule has 0 aromatic carbocycles. The molecule has 0 aromatic heterocycles. The lowest BCUT2D eigenvalue weighted by Gasteiger charge is -2.09. The van der Waals surface area contributed by atoms with Crippen molar-refractivity contribution >= 4 is 26.6 Å². The summed E-state index contributed by atoms with van der Waals surface area (Å²) in [5, 5.41) is 0. The Kier molecular flexibility index (Phi) is 6.48. The highest BCUT2D eigenvalue weighted by Crippen LogP contribution is 2.15. The third kappa shape index (κ3) is 12.0. The monoisotopic (exact) mass is 308 g/mol. The molecule has 0 aliphatic carbocycles. The molecule has 0 spiro atoms. The molecule has 0 amide bonds. The Morgan fingerprint density at radius 3 is 2.46 bits per heavy atom. The molecule has 0 bridgehead atoms. The topological polar surface area (TPSA) is 35.5 Å². The molecule has 0 heterocycles. The van der Waals surface area contributed by atoms with Crippen LogP contribution in [0.1, 0.15) is 13.3 Å². The molecule has 0 aliphatic heterocycles. The Bertz CT molecular complexity index is 158. The Balaban J connectivity index is 3.13. The maximum absolute atomic E-state index is 12.2. The van der Waals surface area contributed by atoms with Crippen molar-refractivity contribution in [3.63, 3.8) is 0 Å². The zero-order chi connectivity index (χ0) is 10.3. The first-order valence-electron chi connectivity index (χ1n) is 3.69. The van der Waals surface area contributed by atoms with E-state index < -0.39 is 9.90 Å². The summed E-state index contributed by atoms with van der Waals surface area (Å²) in [7, 11) is 0. The quantitative estimate of drug-likeness (QED) is 0.430. The normalized spacial score (nSPS) is 11.4. The Labute approximate surface area is 88.9 Å². The molecule has 78 valence electrons. The predicted octanol–water partition coefficient (Wildman–Crippen LogP) is 2.62. The van der Waals surface area contributed by atoms with Gasteiger partial charge in [-0.15, -0.1) is 0 Å². The molecular formula is C7H11F2IO3. The first-order valence-corrected chi connectivity index (χ1v) is 4.77. The van der Waals surface area contributed by atoms with Crippen molar-refractivity contribution in [1.82, 2.24) is 0 Å². The van der Waals surface area contributed by atoms with E-state index in [9.17, 15) is 13.6 Å². The zero-order valence-corrected chi connectivity index (χ0v) is 9.34. The van der Waals surface area contributed by atoms with Gasteiger partial charge in [-0.3, -0.25) is 0 Å². The molecular weight excluding hydrogens is 297 g/mol. The Morgan fingerprint density at radius 1 is 1.38 bits per heavy atom. The van der Waals surface area contributed by atoms with Gasteiger partial charge in [0.2, 0.25) is 5.92 Å². The fraction of sp³-hybridized carbons (Fsp3) is 0.857. The molecule has 6 heteroatoms. The van der Waals surface area contributed by atoms with E-state index in [0.29, 0.717) is 0 Å². The molecule has 0 unspecified atom stereocenters. The van der Waals surface area contributed by atoms with E-state index >= 15 is 0 Å². The van der Waals surface area contributed by atoms with Crippen molar-refractivity contribution in [3.05, 3.63) is 0 Å². The molecule has 0 fully saturated rings. The zero-order valence-electron chi connectivity index (χ0n) is 7.19. The summed E-state index contributed by atoms with van der Waals surface area (Å²) in [4.78, 5) is 10.2. The van der Waals surface area contributed by atoms with Crippen LogP contribution in [0, 0.1) is 0 Å². The van der Waals surface area contributed by atoms with Gasteiger partial charge in [-0.25, -0.2) is 13.6 Å². The number of hydrogen-bond donors (Lipinski definition) is 0. The van der Waals surface area contributed by atoms with E-state index in [1.165, 1.54) is 22.6 Å². The molecule has 0 radical (unpaired) electrons. The van der Waals surface area contributed by atoms with Gasteiger partial charge in [-0.05, 0) is 6.92 Å². The second-order valence-corrected chi connectivity index (χ2v) is 3.40. The van der Waals surface area contributed by atoms with Crippen molar-refractivity contribution in [2.24, 2.45) is 0 Å². The maximum Gasteiger partial charge on any atom is 0.367 e. The summed E-state index contributed by atoms with van der Waals surface area (Å²) in [5.41, 5.74) is 0. The minimum absolute atomic E-state index is 0.0255. The van der Waals surface area contributed by atoms with Crippen LogP contribution in [-0.4, -0.2) is 29.7 Å². The van der Waals surface area contributed by atoms with Crippen molar-refractivity contribution < 1.29 is 23.0 Å². The minimum atomic E-state index is -2.69. The second-order valence-electron chi connectivity index (χ2n) is 2.52. The van der Waals surface area contributed by atoms with Crippen molar-refractivity contribution in [1.29, 1.82) is 0 Å². The van der Waals surface area contributed by atoms with Gasteiger partial charge in [0.15, 0.2) is 0 Å². The highest BCUT2D eigenvalue weighted by atomic mass is 127. The SMILES string of the molecule is CC(F)(F)CCOCCOC(=O)I. The molecule has 13 heavy (non-hydrogen) atoms. The van der Waals surface area contributed by atoms with Crippen LogP contribution < -0.4 is 0 Å². The summed E-state index contributed by atoms with van der Waals surface area (Å²) < 4.78 is 33.3. The van der Waals surface area contributed by atoms with E-state index in [-0.39, 0.29) is 26.2 Å². The summed E-state index contributed by atoms with van der Waals surface area (Å²) >= 11 is 1.48. The number of alkyl halides is 2. The van der Waals surface area contributed by atoms with Crippen LogP contribution in [0.5, 0.6) is 0 Å². The van der Waals surface area contributed by atoms with Crippen LogP contribution in [0.4, 0.5) is 13.6 Å². The molecule has 0 atom stereocenters. The fourth-order valence-electron chi connectivity index (χ4n) is 0.534. The molecule has 3 nitrogen and oxygen atoms in total. The largest absolute Gasteiger partial charge is 0.456 e. The van der Waals surface area contributed by atoms with Gasteiger partial charge < -0.3 is 9.47 Å². The van der Waals surface area contributed by atoms with E-state index in [2.05, 4.69) is 4.74 Å². The van der Waals surface area contributed by atoms with E-state index in [4.69, 9.17) is 4.74 Å².